The Hall–Kier alpha value is -2.82. The van der Waals surface area contributed by atoms with E-state index in [-0.39, 0.29) is 0 Å². The Bertz CT molecular complexity index is 1080. The van der Waals surface area contributed by atoms with Crippen LogP contribution >= 0.6 is 0 Å². The first-order valence-corrected chi connectivity index (χ1v) is 14.1. The molecule has 0 bridgehead atoms. The molecule has 2 fully saturated rings. The fourth-order valence-electron chi connectivity index (χ4n) is 5.83. The second-order valence-corrected chi connectivity index (χ2v) is 10.7. The van der Waals surface area contributed by atoms with Crippen molar-refractivity contribution in [2.24, 2.45) is 0 Å². The number of nitrogens with zero attached hydrogens (tertiary/aromatic N) is 1. The lowest BCUT2D eigenvalue weighted by molar-refractivity contribution is -0.192. The molecule has 10 heteroatoms. The van der Waals surface area contributed by atoms with E-state index in [2.05, 4.69) is 40.5 Å². The molecule has 0 radical (unpaired) electrons. The van der Waals surface area contributed by atoms with E-state index in [4.69, 9.17) is 19.4 Å². The van der Waals surface area contributed by atoms with Crippen molar-refractivity contribution in [3.8, 4) is 11.5 Å². The minimum absolute atomic E-state index is 0.335. The molecule has 0 spiro atoms. The SMILES string of the molecule is O=C(O)C(F)(F)F.Oc1ccc2c(c1)CCN(C1CCOCC1)C2Cc1ccc(OCCC2CCCCN2)cc1. The number of piperidine rings is 1. The maximum atomic E-state index is 10.6. The summed E-state index contributed by atoms with van der Waals surface area (Å²) in [4.78, 5) is 11.6. The number of rotatable bonds is 7. The standard InChI is InChI=1S/C28H38N2O3.C2HF3O2/c31-25-6-9-27-22(20-25)10-15-30(24-12-16-32-17-13-24)28(27)19-21-4-7-26(8-5-21)33-18-11-23-3-1-2-14-29-23;3-2(4,5)1(6)7/h4-9,20,23-24,28-29,31H,1-3,10-19H2;(H,6,7). The zero-order chi connectivity index (χ0) is 28.5. The molecular formula is C30H39F3N2O5. The molecule has 2 aromatic carbocycles. The van der Waals surface area contributed by atoms with Gasteiger partial charge in [-0.25, -0.2) is 4.79 Å². The van der Waals surface area contributed by atoms with Crippen LogP contribution in [0.2, 0.25) is 0 Å². The number of ether oxygens (including phenoxy) is 2. The Morgan fingerprint density at radius 3 is 2.45 bits per heavy atom. The highest BCUT2D eigenvalue weighted by atomic mass is 19.4. The number of carboxylic acid groups (broad SMARTS) is 1. The number of halogens is 3. The van der Waals surface area contributed by atoms with Crippen LogP contribution in [0.3, 0.4) is 0 Å². The van der Waals surface area contributed by atoms with Gasteiger partial charge in [0.15, 0.2) is 0 Å². The summed E-state index contributed by atoms with van der Waals surface area (Å²) in [7, 11) is 0. The highest BCUT2D eigenvalue weighted by Gasteiger charge is 2.38. The molecule has 220 valence electrons. The number of carboxylic acids is 1. The second kappa shape index (κ2) is 14.2. The quantitative estimate of drug-likeness (QED) is 0.423. The lowest BCUT2D eigenvalue weighted by Crippen LogP contribution is -2.46. The predicted octanol–water partition coefficient (Wildman–Crippen LogP) is 5.26. The van der Waals surface area contributed by atoms with Crippen molar-refractivity contribution < 1.29 is 37.7 Å². The number of fused-ring (bicyclic) bond motifs is 1. The number of nitrogens with one attached hydrogen (secondary N) is 1. The van der Waals surface area contributed by atoms with Gasteiger partial charge in [0.05, 0.1) is 6.61 Å². The smallest absolute Gasteiger partial charge is 0.490 e. The number of benzene rings is 2. The summed E-state index contributed by atoms with van der Waals surface area (Å²) in [6.07, 6.45) is 4.08. The highest BCUT2D eigenvalue weighted by molar-refractivity contribution is 5.73. The van der Waals surface area contributed by atoms with E-state index in [9.17, 15) is 18.3 Å². The minimum Gasteiger partial charge on any atom is -0.508 e. The van der Waals surface area contributed by atoms with E-state index < -0.39 is 12.1 Å². The van der Waals surface area contributed by atoms with Crippen LogP contribution in [0.4, 0.5) is 13.2 Å². The molecule has 0 aromatic heterocycles. The number of alkyl halides is 3. The van der Waals surface area contributed by atoms with Crippen LogP contribution in [-0.4, -0.2) is 72.3 Å². The fraction of sp³-hybridized carbons (Fsp3) is 0.567. The summed E-state index contributed by atoms with van der Waals surface area (Å²) in [6, 6.07) is 16.2. The molecule has 3 N–H and O–H groups in total. The molecule has 40 heavy (non-hydrogen) atoms. The molecule has 2 unspecified atom stereocenters. The summed E-state index contributed by atoms with van der Waals surface area (Å²) in [5.41, 5.74) is 3.99. The molecule has 2 atom stereocenters. The van der Waals surface area contributed by atoms with Gasteiger partial charge in [0.2, 0.25) is 0 Å². The van der Waals surface area contributed by atoms with Gasteiger partial charge in [0.25, 0.3) is 0 Å². The van der Waals surface area contributed by atoms with Gasteiger partial charge in [-0.3, -0.25) is 4.90 Å². The van der Waals surface area contributed by atoms with Crippen molar-refractivity contribution in [1.82, 2.24) is 10.2 Å². The molecule has 0 aliphatic carbocycles. The Labute approximate surface area is 233 Å². The van der Waals surface area contributed by atoms with Gasteiger partial charge in [0.1, 0.15) is 11.5 Å². The topological polar surface area (TPSA) is 91.3 Å². The largest absolute Gasteiger partial charge is 0.508 e. The van der Waals surface area contributed by atoms with Gasteiger partial charge < -0.3 is 25.0 Å². The maximum Gasteiger partial charge on any atom is 0.490 e. The van der Waals surface area contributed by atoms with Crippen LogP contribution < -0.4 is 10.1 Å². The summed E-state index contributed by atoms with van der Waals surface area (Å²) < 4.78 is 43.4. The van der Waals surface area contributed by atoms with Crippen molar-refractivity contribution >= 4 is 5.97 Å². The zero-order valence-corrected chi connectivity index (χ0v) is 22.7. The first kappa shape index (κ1) is 30.1. The normalized spacial score (nSPS) is 22.1. The van der Waals surface area contributed by atoms with Crippen LogP contribution in [0.1, 0.15) is 61.3 Å². The number of carbonyl (C=O) groups is 1. The second-order valence-electron chi connectivity index (χ2n) is 10.7. The summed E-state index contributed by atoms with van der Waals surface area (Å²) in [5, 5.41) is 20.7. The van der Waals surface area contributed by atoms with Crippen LogP contribution in [0.25, 0.3) is 0 Å². The monoisotopic (exact) mass is 564 g/mol. The van der Waals surface area contributed by atoms with Crippen LogP contribution in [-0.2, 0) is 22.4 Å². The lowest BCUT2D eigenvalue weighted by Gasteiger charge is -2.44. The maximum absolute atomic E-state index is 10.6. The van der Waals surface area contributed by atoms with Gasteiger partial charge >= 0.3 is 12.1 Å². The summed E-state index contributed by atoms with van der Waals surface area (Å²) in [6.45, 7) is 4.68. The van der Waals surface area contributed by atoms with Crippen molar-refractivity contribution in [1.29, 1.82) is 0 Å². The van der Waals surface area contributed by atoms with Crippen molar-refractivity contribution in [2.45, 2.75) is 75.7 Å². The summed E-state index contributed by atoms with van der Waals surface area (Å²) in [5.74, 6) is -1.42. The molecule has 2 saturated heterocycles. The fourth-order valence-corrected chi connectivity index (χ4v) is 5.83. The number of phenolic OH excluding ortho intramolecular Hbond substituents is 1. The average Bonchev–Trinajstić information content (AvgIpc) is 2.95. The zero-order valence-electron chi connectivity index (χ0n) is 22.7. The van der Waals surface area contributed by atoms with E-state index in [1.54, 1.807) is 0 Å². The molecule has 5 rings (SSSR count). The number of hydrogen-bond acceptors (Lipinski definition) is 6. The van der Waals surface area contributed by atoms with Crippen molar-refractivity contribution in [2.75, 3.05) is 32.9 Å². The molecule has 3 heterocycles. The van der Waals surface area contributed by atoms with Crippen LogP contribution in [0.5, 0.6) is 11.5 Å². The number of aliphatic carboxylic acids is 1. The van der Waals surface area contributed by atoms with Gasteiger partial charge in [0, 0.05) is 37.9 Å². The first-order chi connectivity index (χ1) is 19.2. The van der Waals surface area contributed by atoms with Gasteiger partial charge in [-0.1, -0.05) is 24.6 Å². The van der Waals surface area contributed by atoms with E-state index >= 15 is 0 Å². The number of phenols is 1. The van der Waals surface area contributed by atoms with Gasteiger partial charge in [-0.05, 0) is 92.4 Å². The van der Waals surface area contributed by atoms with Crippen LogP contribution in [0, 0.1) is 0 Å². The minimum atomic E-state index is -5.08. The first-order valence-electron chi connectivity index (χ1n) is 14.1. The Kier molecular flexibility index (Phi) is 10.7. The summed E-state index contributed by atoms with van der Waals surface area (Å²) >= 11 is 0. The Balaban J connectivity index is 0.000000470. The molecule has 0 saturated carbocycles. The van der Waals surface area contributed by atoms with Gasteiger partial charge in [-0.2, -0.15) is 13.2 Å². The number of aromatic hydroxyl groups is 1. The molecule has 3 aliphatic rings. The third kappa shape index (κ3) is 8.59. The van der Waals surface area contributed by atoms with Crippen molar-refractivity contribution in [3.63, 3.8) is 0 Å². The van der Waals surface area contributed by atoms with E-state index in [0.29, 0.717) is 23.9 Å². The van der Waals surface area contributed by atoms with E-state index in [1.807, 2.05) is 12.1 Å². The average molecular weight is 565 g/mol. The third-order valence-electron chi connectivity index (χ3n) is 7.93. The van der Waals surface area contributed by atoms with Gasteiger partial charge in [-0.15, -0.1) is 0 Å². The van der Waals surface area contributed by atoms with E-state index in [0.717, 1.165) is 70.8 Å². The number of hydrogen-bond donors (Lipinski definition) is 3. The molecule has 7 nitrogen and oxygen atoms in total. The molecule has 3 aliphatic heterocycles. The molecule has 2 aromatic rings. The lowest BCUT2D eigenvalue weighted by atomic mass is 9.86. The third-order valence-corrected chi connectivity index (χ3v) is 7.93. The van der Waals surface area contributed by atoms with Crippen LogP contribution in [0.15, 0.2) is 42.5 Å². The Morgan fingerprint density at radius 2 is 1.80 bits per heavy atom. The predicted molar refractivity (Wildman–Crippen MR) is 145 cm³/mol. The van der Waals surface area contributed by atoms with E-state index in [1.165, 1.54) is 36.0 Å². The molecule has 0 amide bonds. The Morgan fingerprint density at radius 1 is 1.07 bits per heavy atom. The molecular weight excluding hydrogens is 525 g/mol. The highest BCUT2D eigenvalue weighted by Crippen LogP contribution is 2.37. The van der Waals surface area contributed by atoms with Crippen molar-refractivity contribution in [3.05, 3.63) is 59.2 Å².